The van der Waals surface area contributed by atoms with Crippen LogP contribution in [0.25, 0.3) is 10.9 Å². The summed E-state index contributed by atoms with van der Waals surface area (Å²) >= 11 is 6.11. The van der Waals surface area contributed by atoms with E-state index in [1.165, 1.54) is 4.90 Å². The Morgan fingerprint density at radius 1 is 1.00 bits per heavy atom. The van der Waals surface area contributed by atoms with E-state index < -0.39 is 12.1 Å². The average molecular weight is 550 g/mol. The quantitative estimate of drug-likeness (QED) is 0.257. The molecule has 1 aromatic heterocycles. The van der Waals surface area contributed by atoms with E-state index in [2.05, 4.69) is 4.98 Å². The van der Waals surface area contributed by atoms with Crippen LogP contribution in [-0.4, -0.2) is 46.3 Å². The number of carbonyl (C=O) groups excluding carboxylic acids is 2. The molecule has 1 amide bonds. The van der Waals surface area contributed by atoms with Gasteiger partial charge in [-0.05, 0) is 55.8 Å². The van der Waals surface area contributed by atoms with E-state index in [-0.39, 0.29) is 42.6 Å². The third-order valence-electron chi connectivity index (χ3n) is 5.85. The van der Waals surface area contributed by atoms with Gasteiger partial charge < -0.3 is 14.2 Å². The molecule has 4 rings (SSSR count). The van der Waals surface area contributed by atoms with Crippen molar-refractivity contribution in [3.63, 3.8) is 0 Å². The highest BCUT2D eigenvalue weighted by Gasteiger charge is 2.21. The Bertz CT molecular complexity index is 1520. The van der Waals surface area contributed by atoms with Crippen molar-refractivity contribution in [3.8, 4) is 11.5 Å². The number of nitrogens with zero attached hydrogens (tertiary/aromatic N) is 3. The number of benzene rings is 3. The molecule has 0 saturated carbocycles. The zero-order valence-corrected chi connectivity index (χ0v) is 22.4. The van der Waals surface area contributed by atoms with E-state index in [1.54, 1.807) is 73.0 Å². The van der Waals surface area contributed by atoms with Gasteiger partial charge in [-0.2, -0.15) is 0 Å². The minimum atomic E-state index is -0.735. The summed E-state index contributed by atoms with van der Waals surface area (Å²) in [7, 11) is 0. The van der Waals surface area contributed by atoms with Crippen LogP contribution in [0.1, 0.15) is 18.3 Å². The van der Waals surface area contributed by atoms with Crippen LogP contribution in [0.4, 0.5) is 4.79 Å². The molecule has 4 aromatic rings. The molecule has 9 nitrogen and oxygen atoms in total. The molecule has 10 heteroatoms. The molecule has 0 aliphatic carbocycles. The smallest absolute Gasteiger partial charge is 0.416 e. The third-order valence-corrected chi connectivity index (χ3v) is 6.16. The summed E-state index contributed by atoms with van der Waals surface area (Å²) in [6, 6.07) is 20.9. The predicted octanol–water partition coefficient (Wildman–Crippen LogP) is 5.00. The number of hydrogen-bond acceptors (Lipinski definition) is 7. The lowest BCUT2D eigenvalue weighted by Gasteiger charge is -2.21. The lowest BCUT2D eigenvalue weighted by molar-refractivity contribution is -0.144. The van der Waals surface area contributed by atoms with Crippen molar-refractivity contribution in [2.45, 2.75) is 26.9 Å². The molecular weight excluding hydrogens is 522 g/mol. The summed E-state index contributed by atoms with van der Waals surface area (Å²) in [5.74, 6) is 0.844. The van der Waals surface area contributed by atoms with E-state index in [9.17, 15) is 14.4 Å². The summed E-state index contributed by atoms with van der Waals surface area (Å²) in [6.07, 6.45) is -0.735. The molecule has 0 radical (unpaired) electrons. The van der Waals surface area contributed by atoms with Gasteiger partial charge in [0.2, 0.25) is 0 Å². The molecule has 0 fully saturated rings. The van der Waals surface area contributed by atoms with Crippen LogP contribution >= 0.6 is 11.6 Å². The SMILES string of the molecule is CCOC(=O)CN(Cc1ccc(OCCn2c(C)nc3ccccc3c2=O)cc1)C(=O)Oc1ccccc1Cl. The Morgan fingerprint density at radius 3 is 2.46 bits per heavy atom. The van der Waals surface area contributed by atoms with Gasteiger partial charge in [0, 0.05) is 6.54 Å². The minimum Gasteiger partial charge on any atom is -0.492 e. The topological polar surface area (TPSA) is 100.0 Å². The molecule has 0 bridgehead atoms. The van der Waals surface area contributed by atoms with Gasteiger partial charge in [0.15, 0.2) is 5.75 Å². The number of aryl methyl sites for hydroxylation is 1. The maximum absolute atomic E-state index is 12.9. The lowest BCUT2D eigenvalue weighted by Crippen LogP contribution is -2.38. The van der Waals surface area contributed by atoms with Crippen molar-refractivity contribution in [1.82, 2.24) is 14.5 Å². The molecule has 0 unspecified atom stereocenters. The molecule has 1 heterocycles. The van der Waals surface area contributed by atoms with Gasteiger partial charge in [0.25, 0.3) is 5.56 Å². The van der Waals surface area contributed by atoms with Crippen molar-refractivity contribution in [2.75, 3.05) is 19.8 Å². The Kier molecular flexibility index (Phi) is 9.17. The molecule has 0 aliphatic heterocycles. The second-order valence-corrected chi connectivity index (χ2v) is 8.99. The van der Waals surface area contributed by atoms with Crippen LogP contribution < -0.4 is 15.0 Å². The van der Waals surface area contributed by atoms with Crippen LogP contribution in [0.3, 0.4) is 0 Å². The van der Waals surface area contributed by atoms with E-state index in [0.29, 0.717) is 29.0 Å². The predicted molar refractivity (Wildman–Crippen MR) is 147 cm³/mol. The Hall–Kier alpha value is -4.37. The van der Waals surface area contributed by atoms with E-state index in [0.717, 1.165) is 5.56 Å². The van der Waals surface area contributed by atoms with Gasteiger partial charge in [-0.25, -0.2) is 9.78 Å². The second kappa shape index (κ2) is 12.9. The average Bonchev–Trinajstić information content (AvgIpc) is 2.92. The standard InChI is InChI=1S/C29H28ClN3O6/c1-3-37-27(34)19-32(29(36)39-26-11-7-5-9-24(26)30)18-21-12-14-22(15-13-21)38-17-16-33-20(2)31-25-10-6-4-8-23(25)28(33)35/h4-15H,3,16-19H2,1-2H3. The van der Waals surface area contributed by atoms with Crippen LogP contribution in [0.2, 0.25) is 5.02 Å². The van der Waals surface area contributed by atoms with Crippen molar-refractivity contribution in [2.24, 2.45) is 0 Å². The van der Waals surface area contributed by atoms with Crippen LogP contribution in [-0.2, 0) is 22.6 Å². The van der Waals surface area contributed by atoms with Gasteiger partial charge in [-0.15, -0.1) is 0 Å². The van der Waals surface area contributed by atoms with Crippen LogP contribution in [0.15, 0.2) is 77.6 Å². The molecule has 0 N–H and O–H groups in total. The van der Waals surface area contributed by atoms with Gasteiger partial charge in [0.1, 0.15) is 24.7 Å². The second-order valence-electron chi connectivity index (χ2n) is 8.58. The summed E-state index contributed by atoms with van der Waals surface area (Å²) in [5, 5.41) is 0.841. The molecule has 0 saturated heterocycles. The number of ether oxygens (including phenoxy) is 3. The fourth-order valence-electron chi connectivity index (χ4n) is 3.94. The number of aromatic nitrogens is 2. The Morgan fingerprint density at radius 2 is 1.72 bits per heavy atom. The summed E-state index contributed by atoms with van der Waals surface area (Å²) < 4.78 is 17.9. The highest BCUT2D eigenvalue weighted by atomic mass is 35.5. The fraction of sp³-hybridized carbons (Fsp3) is 0.241. The number of hydrogen-bond donors (Lipinski definition) is 0. The molecule has 0 atom stereocenters. The van der Waals surface area contributed by atoms with Gasteiger partial charge >= 0.3 is 12.1 Å². The number of halogens is 1. The van der Waals surface area contributed by atoms with Crippen molar-refractivity contribution >= 4 is 34.6 Å². The molecule has 0 aliphatic rings. The molecule has 39 heavy (non-hydrogen) atoms. The number of esters is 1. The number of rotatable bonds is 10. The minimum absolute atomic E-state index is 0.0970. The Labute approximate surface area is 230 Å². The normalized spacial score (nSPS) is 10.7. The van der Waals surface area contributed by atoms with Crippen molar-refractivity contribution in [3.05, 3.63) is 99.6 Å². The number of amides is 1. The zero-order chi connectivity index (χ0) is 27.8. The number of carbonyl (C=O) groups is 2. The highest BCUT2D eigenvalue weighted by molar-refractivity contribution is 6.32. The molecular formula is C29H28ClN3O6. The third kappa shape index (κ3) is 7.14. The highest BCUT2D eigenvalue weighted by Crippen LogP contribution is 2.24. The zero-order valence-electron chi connectivity index (χ0n) is 21.6. The maximum atomic E-state index is 12.9. The first-order chi connectivity index (χ1) is 18.9. The van der Waals surface area contributed by atoms with Crippen LogP contribution in [0, 0.1) is 6.92 Å². The van der Waals surface area contributed by atoms with Crippen molar-refractivity contribution < 1.29 is 23.8 Å². The monoisotopic (exact) mass is 549 g/mol. The van der Waals surface area contributed by atoms with Gasteiger partial charge in [0.05, 0.1) is 29.1 Å². The first-order valence-corrected chi connectivity index (χ1v) is 12.8. The molecule has 0 spiro atoms. The lowest BCUT2D eigenvalue weighted by atomic mass is 10.2. The summed E-state index contributed by atoms with van der Waals surface area (Å²) in [4.78, 5) is 43.6. The van der Waals surface area contributed by atoms with Crippen LogP contribution in [0.5, 0.6) is 11.5 Å². The van der Waals surface area contributed by atoms with E-state index >= 15 is 0 Å². The largest absolute Gasteiger partial charge is 0.492 e. The van der Waals surface area contributed by atoms with Gasteiger partial charge in [-0.3, -0.25) is 19.1 Å². The van der Waals surface area contributed by atoms with Crippen molar-refractivity contribution in [1.29, 1.82) is 0 Å². The maximum Gasteiger partial charge on any atom is 0.416 e. The number of para-hydroxylation sites is 2. The molecule has 202 valence electrons. The summed E-state index contributed by atoms with van der Waals surface area (Å²) in [5.41, 5.74) is 1.30. The number of fused-ring (bicyclic) bond motifs is 1. The van der Waals surface area contributed by atoms with Gasteiger partial charge in [-0.1, -0.05) is 48.0 Å². The fourth-order valence-corrected chi connectivity index (χ4v) is 4.12. The summed E-state index contributed by atoms with van der Waals surface area (Å²) in [6.45, 7) is 4.09. The Balaban J connectivity index is 1.39. The first kappa shape index (κ1) is 27.7. The van der Waals surface area contributed by atoms with E-state index in [1.807, 2.05) is 18.2 Å². The van der Waals surface area contributed by atoms with E-state index in [4.69, 9.17) is 25.8 Å². The molecule has 3 aromatic carbocycles. The first-order valence-electron chi connectivity index (χ1n) is 12.4.